The lowest BCUT2D eigenvalue weighted by Gasteiger charge is -2.10. The van der Waals surface area contributed by atoms with Gasteiger partial charge in [-0.1, -0.05) is 23.5 Å². The summed E-state index contributed by atoms with van der Waals surface area (Å²) in [5.41, 5.74) is 5.10. The van der Waals surface area contributed by atoms with Crippen molar-refractivity contribution in [2.45, 2.75) is 28.2 Å². The molecule has 2 aromatic carbocycles. The van der Waals surface area contributed by atoms with Crippen molar-refractivity contribution >= 4 is 45.6 Å². The number of fused-ring (bicyclic) bond motifs is 2. The van der Waals surface area contributed by atoms with Crippen molar-refractivity contribution < 1.29 is 28.4 Å². The number of thioether (sulfide) groups is 2. The van der Waals surface area contributed by atoms with Gasteiger partial charge in [0.25, 0.3) is 0 Å². The highest BCUT2D eigenvalue weighted by molar-refractivity contribution is 7.98. The van der Waals surface area contributed by atoms with Gasteiger partial charge in [-0.3, -0.25) is 9.97 Å². The summed E-state index contributed by atoms with van der Waals surface area (Å²) in [7, 11) is 6.45. The first kappa shape index (κ1) is 32.1. The van der Waals surface area contributed by atoms with Crippen LogP contribution in [0, 0.1) is 0 Å². The molecule has 0 radical (unpaired) electrons. The van der Waals surface area contributed by atoms with Crippen LogP contribution in [0.15, 0.2) is 71.2 Å². The number of rotatable bonds is 16. The van der Waals surface area contributed by atoms with Crippen LogP contribution in [0.5, 0.6) is 34.5 Å². The third kappa shape index (κ3) is 7.60. The molecule has 4 heterocycles. The molecule has 6 rings (SSSR count). The Hall–Kier alpha value is -4.82. The standard InChI is InChI=1S/C33H34N6O6S2/c1-40-28-10-12-34-26(30(28)42-3)18-46-32-36-22-8-6-20(16-24(22)38-32)44-14-5-15-45-21-7-9-23-25(17-21)39-33(37-23)47-19-27-31(43-4)29(41-2)11-13-35-27/h6-13,16-17H,5,14-15,18-19H2,1-4H3,(H,36,38)(H,37,39). The minimum Gasteiger partial charge on any atom is -0.493 e. The number of benzene rings is 2. The number of nitrogens with one attached hydrogen (secondary N) is 2. The smallest absolute Gasteiger partial charge is 0.183 e. The molecule has 0 unspecified atom stereocenters. The molecule has 0 bridgehead atoms. The van der Waals surface area contributed by atoms with E-state index in [1.807, 2.05) is 36.4 Å². The lowest BCUT2D eigenvalue weighted by Crippen LogP contribution is -2.05. The van der Waals surface area contributed by atoms with Gasteiger partial charge in [0.15, 0.2) is 33.3 Å². The molecule has 244 valence electrons. The first-order valence-electron chi connectivity index (χ1n) is 14.7. The molecule has 47 heavy (non-hydrogen) atoms. The minimum atomic E-state index is 0.511. The summed E-state index contributed by atoms with van der Waals surface area (Å²) >= 11 is 3.08. The molecular weight excluding hydrogens is 641 g/mol. The zero-order chi connectivity index (χ0) is 32.6. The molecule has 0 atom stereocenters. The van der Waals surface area contributed by atoms with Crippen LogP contribution in [0.4, 0.5) is 0 Å². The van der Waals surface area contributed by atoms with Crippen LogP contribution in [0.3, 0.4) is 0 Å². The van der Waals surface area contributed by atoms with Gasteiger partial charge in [0.2, 0.25) is 0 Å². The van der Waals surface area contributed by atoms with Crippen LogP contribution < -0.4 is 28.4 Å². The maximum atomic E-state index is 6.00. The van der Waals surface area contributed by atoms with E-state index in [2.05, 4.69) is 29.9 Å². The quantitative estimate of drug-likeness (QED) is 0.0835. The Morgan fingerprint density at radius 1 is 0.596 bits per heavy atom. The van der Waals surface area contributed by atoms with Crippen LogP contribution >= 0.6 is 23.5 Å². The van der Waals surface area contributed by atoms with Crippen molar-refractivity contribution in [1.82, 2.24) is 29.9 Å². The molecule has 0 saturated carbocycles. The fourth-order valence-corrected chi connectivity index (χ4v) is 6.51. The normalized spacial score (nSPS) is 11.1. The second-order valence-electron chi connectivity index (χ2n) is 10.1. The monoisotopic (exact) mass is 674 g/mol. The van der Waals surface area contributed by atoms with E-state index >= 15 is 0 Å². The van der Waals surface area contributed by atoms with Crippen molar-refractivity contribution in [3.8, 4) is 34.5 Å². The number of nitrogens with zero attached hydrogens (tertiary/aromatic N) is 4. The summed E-state index contributed by atoms with van der Waals surface area (Å²) in [5, 5.41) is 1.57. The molecule has 12 nitrogen and oxygen atoms in total. The van der Waals surface area contributed by atoms with E-state index in [1.54, 1.807) is 76.5 Å². The lowest BCUT2D eigenvalue weighted by molar-refractivity contribution is 0.248. The largest absolute Gasteiger partial charge is 0.493 e. The van der Waals surface area contributed by atoms with Crippen LogP contribution in [-0.2, 0) is 11.5 Å². The number of imidazole rings is 2. The molecule has 0 saturated heterocycles. The SMILES string of the molecule is COc1ccnc(CSc2nc3ccc(OCCCOc4ccc5nc(SCc6nccc(OC)c6OC)[nH]c5c4)cc3[nH]2)c1OC. The number of hydrogen-bond donors (Lipinski definition) is 2. The average Bonchev–Trinajstić information content (AvgIpc) is 3.71. The van der Waals surface area contributed by atoms with Gasteiger partial charge < -0.3 is 38.4 Å². The second kappa shape index (κ2) is 15.2. The number of hydrogen-bond acceptors (Lipinski definition) is 12. The van der Waals surface area contributed by atoms with Gasteiger partial charge in [-0.15, -0.1) is 0 Å². The van der Waals surface area contributed by atoms with Crippen LogP contribution in [0.25, 0.3) is 22.1 Å². The molecule has 0 aliphatic carbocycles. The Kier molecular flexibility index (Phi) is 10.4. The fourth-order valence-electron chi connectivity index (χ4n) is 4.87. The molecular formula is C33H34N6O6S2. The summed E-state index contributed by atoms with van der Waals surface area (Å²) in [6.07, 6.45) is 4.13. The van der Waals surface area contributed by atoms with E-state index in [9.17, 15) is 0 Å². The Bertz CT molecular complexity index is 1830. The number of pyridine rings is 2. The number of methoxy groups -OCH3 is 4. The Morgan fingerprint density at radius 2 is 1.06 bits per heavy atom. The molecule has 0 fully saturated rings. The Labute approximate surface area is 279 Å². The molecule has 4 aromatic heterocycles. The van der Waals surface area contributed by atoms with Gasteiger partial charge in [0.1, 0.15) is 11.5 Å². The topological polar surface area (TPSA) is 139 Å². The van der Waals surface area contributed by atoms with Crippen LogP contribution in [0.1, 0.15) is 17.8 Å². The molecule has 0 spiro atoms. The maximum Gasteiger partial charge on any atom is 0.183 e. The van der Waals surface area contributed by atoms with E-state index in [4.69, 9.17) is 28.4 Å². The molecule has 0 amide bonds. The summed E-state index contributed by atoms with van der Waals surface area (Å²) in [6.45, 7) is 1.02. The van der Waals surface area contributed by atoms with E-state index in [0.717, 1.165) is 61.7 Å². The van der Waals surface area contributed by atoms with Crippen molar-refractivity contribution in [1.29, 1.82) is 0 Å². The Balaban J connectivity index is 0.972. The molecule has 0 aliphatic rings. The van der Waals surface area contributed by atoms with Crippen LogP contribution in [0.2, 0.25) is 0 Å². The third-order valence-electron chi connectivity index (χ3n) is 7.11. The van der Waals surface area contributed by atoms with Gasteiger partial charge in [-0.25, -0.2) is 9.97 Å². The van der Waals surface area contributed by atoms with E-state index in [1.165, 1.54) is 0 Å². The lowest BCUT2D eigenvalue weighted by atomic mass is 10.3. The second-order valence-corrected chi connectivity index (χ2v) is 12.0. The number of aromatic amines is 2. The van der Waals surface area contributed by atoms with Crippen molar-refractivity contribution in [3.63, 3.8) is 0 Å². The van der Waals surface area contributed by atoms with Gasteiger partial charge in [0, 0.05) is 54.6 Å². The molecule has 0 aliphatic heterocycles. The highest BCUT2D eigenvalue weighted by Crippen LogP contribution is 2.35. The van der Waals surface area contributed by atoms with Crippen LogP contribution in [-0.4, -0.2) is 71.6 Å². The van der Waals surface area contributed by atoms with Crippen molar-refractivity contribution in [3.05, 3.63) is 72.3 Å². The van der Waals surface area contributed by atoms with Gasteiger partial charge >= 0.3 is 0 Å². The number of ether oxygens (including phenoxy) is 6. The zero-order valence-electron chi connectivity index (χ0n) is 26.4. The summed E-state index contributed by atoms with van der Waals surface area (Å²) in [6, 6.07) is 15.2. The summed E-state index contributed by atoms with van der Waals surface area (Å²) in [5.74, 6) is 5.24. The predicted octanol–water partition coefficient (Wildman–Crippen LogP) is 6.70. The van der Waals surface area contributed by atoms with E-state index < -0.39 is 0 Å². The van der Waals surface area contributed by atoms with Gasteiger partial charge in [-0.05, 0) is 24.3 Å². The number of H-pyrrole nitrogens is 2. The van der Waals surface area contributed by atoms with Crippen molar-refractivity contribution in [2.75, 3.05) is 41.7 Å². The first-order chi connectivity index (χ1) is 23.1. The van der Waals surface area contributed by atoms with Gasteiger partial charge in [0.05, 0.1) is 75.1 Å². The highest BCUT2D eigenvalue weighted by Gasteiger charge is 2.15. The molecule has 14 heteroatoms. The molecule has 2 N–H and O–H groups in total. The maximum absolute atomic E-state index is 6.00. The fraction of sp³-hybridized carbons (Fsp3) is 0.273. The minimum absolute atomic E-state index is 0.511. The summed E-state index contributed by atoms with van der Waals surface area (Å²) < 4.78 is 33.7. The average molecular weight is 675 g/mol. The van der Waals surface area contributed by atoms with E-state index in [-0.39, 0.29) is 0 Å². The predicted molar refractivity (Wildman–Crippen MR) is 182 cm³/mol. The zero-order valence-corrected chi connectivity index (χ0v) is 28.0. The third-order valence-corrected chi connectivity index (χ3v) is 8.88. The summed E-state index contributed by atoms with van der Waals surface area (Å²) in [4.78, 5) is 25.0. The number of aromatic nitrogens is 6. The van der Waals surface area contributed by atoms with Crippen molar-refractivity contribution in [2.24, 2.45) is 0 Å². The van der Waals surface area contributed by atoms with E-state index in [0.29, 0.717) is 47.7 Å². The first-order valence-corrected chi connectivity index (χ1v) is 16.7. The van der Waals surface area contributed by atoms with Gasteiger partial charge in [-0.2, -0.15) is 0 Å². The Morgan fingerprint density at radius 3 is 1.49 bits per heavy atom. The highest BCUT2D eigenvalue weighted by atomic mass is 32.2. The molecule has 6 aromatic rings.